The highest BCUT2D eigenvalue weighted by Crippen LogP contribution is 2.37. The Morgan fingerprint density at radius 3 is 2.12 bits per heavy atom. The molecule has 88 valence electrons. The lowest BCUT2D eigenvalue weighted by Crippen LogP contribution is -2.15. The van der Waals surface area contributed by atoms with Gasteiger partial charge in [-0.3, -0.25) is 0 Å². The van der Waals surface area contributed by atoms with Crippen LogP contribution in [0, 0.1) is 0 Å². The van der Waals surface area contributed by atoms with Crippen LogP contribution in [-0.4, -0.2) is 24.0 Å². The average molecular weight is 238 g/mol. The highest BCUT2D eigenvalue weighted by Gasteiger charge is 2.18. The molecule has 0 heterocycles. The number of benzene rings is 1. The third-order valence-corrected chi connectivity index (χ3v) is 2.77. The molecule has 0 unspecified atom stereocenters. The molecule has 0 spiro atoms. The van der Waals surface area contributed by atoms with Gasteiger partial charge in [-0.15, -0.1) is 0 Å². The van der Waals surface area contributed by atoms with Gasteiger partial charge < -0.3 is 13.9 Å². The van der Waals surface area contributed by atoms with Crippen LogP contribution in [0.15, 0.2) is 18.2 Å². The number of rotatable bonds is 4. The Morgan fingerprint density at radius 1 is 1.00 bits per heavy atom. The van der Waals surface area contributed by atoms with Crippen LogP contribution in [0.3, 0.4) is 0 Å². The van der Waals surface area contributed by atoms with Gasteiger partial charge in [0.15, 0.2) is 11.5 Å². The molecule has 0 aliphatic heterocycles. The third kappa shape index (κ3) is 3.45. The Kier molecular flexibility index (Phi) is 4.24. The Labute approximate surface area is 99.7 Å². The minimum absolute atomic E-state index is 0.147. The fraction of sp³-hybridized carbons (Fsp3) is 0.500. The fourth-order valence-corrected chi connectivity index (χ4v) is 1.72. The van der Waals surface area contributed by atoms with E-state index < -0.39 is 0 Å². The van der Waals surface area contributed by atoms with E-state index in [1.165, 1.54) is 0 Å². The van der Waals surface area contributed by atoms with Crippen LogP contribution >= 0.6 is 0 Å². The predicted molar refractivity (Wildman–Crippen MR) is 65.6 cm³/mol. The molecule has 0 aromatic heterocycles. The van der Waals surface area contributed by atoms with E-state index in [9.17, 15) is 0 Å². The van der Waals surface area contributed by atoms with Gasteiger partial charge in [-0.05, 0) is 17.2 Å². The molecule has 3 nitrogen and oxygen atoms in total. The standard InChI is InChI=1S/C12H18O3Si/c1-12(2,3)16-15-10-8-6-7-9(13-4)11(10)14-5/h6-8H,1-5H3. The van der Waals surface area contributed by atoms with Crippen molar-refractivity contribution in [2.24, 2.45) is 0 Å². The molecule has 1 aromatic rings. The molecule has 0 aliphatic rings. The molecule has 0 bridgehead atoms. The van der Waals surface area contributed by atoms with Crippen molar-refractivity contribution in [1.29, 1.82) is 0 Å². The monoisotopic (exact) mass is 238 g/mol. The topological polar surface area (TPSA) is 27.7 Å². The van der Waals surface area contributed by atoms with Crippen molar-refractivity contribution in [3.63, 3.8) is 0 Å². The first-order valence-corrected chi connectivity index (χ1v) is 6.04. The second-order valence-corrected chi connectivity index (χ2v) is 6.35. The highest BCUT2D eigenvalue weighted by molar-refractivity contribution is 6.32. The molecule has 4 heteroatoms. The van der Waals surface area contributed by atoms with E-state index in [1.807, 2.05) is 18.2 Å². The van der Waals surface area contributed by atoms with Gasteiger partial charge in [0, 0.05) is 0 Å². The number of methoxy groups -OCH3 is 2. The first-order chi connectivity index (χ1) is 7.48. The molecular formula is C12H18O3Si. The highest BCUT2D eigenvalue weighted by atomic mass is 28.2. The molecule has 0 amide bonds. The summed E-state index contributed by atoms with van der Waals surface area (Å²) in [6, 6.07) is 5.63. The van der Waals surface area contributed by atoms with E-state index in [0.29, 0.717) is 21.3 Å². The normalized spacial score (nSPS) is 11.1. The summed E-state index contributed by atoms with van der Waals surface area (Å²) >= 11 is 0. The van der Waals surface area contributed by atoms with E-state index in [1.54, 1.807) is 14.2 Å². The largest absolute Gasteiger partial charge is 0.538 e. The number of ether oxygens (including phenoxy) is 2. The van der Waals surface area contributed by atoms with Crippen LogP contribution in [0.2, 0.25) is 5.04 Å². The quantitative estimate of drug-likeness (QED) is 0.755. The smallest absolute Gasteiger partial charge is 0.316 e. The van der Waals surface area contributed by atoms with E-state index in [4.69, 9.17) is 13.9 Å². The van der Waals surface area contributed by atoms with Gasteiger partial charge in [-0.2, -0.15) is 0 Å². The van der Waals surface area contributed by atoms with Crippen molar-refractivity contribution in [1.82, 2.24) is 0 Å². The summed E-state index contributed by atoms with van der Waals surface area (Å²) in [5.74, 6) is 2.08. The lowest BCUT2D eigenvalue weighted by atomic mass is 10.3. The minimum Gasteiger partial charge on any atom is -0.538 e. The number of para-hydroxylation sites is 1. The van der Waals surface area contributed by atoms with E-state index in [2.05, 4.69) is 20.8 Å². The van der Waals surface area contributed by atoms with Gasteiger partial charge in [0.25, 0.3) is 0 Å². The van der Waals surface area contributed by atoms with Gasteiger partial charge >= 0.3 is 9.76 Å². The molecule has 1 rings (SSSR count). The zero-order valence-electron chi connectivity index (χ0n) is 10.5. The number of hydrogen-bond donors (Lipinski definition) is 0. The van der Waals surface area contributed by atoms with Crippen molar-refractivity contribution >= 4 is 9.76 Å². The summed E-state index contributed by atoms with van der Waals surface area (Å²) in [5.41, 5.74) is 0. The molecule has 0 saturated heterocycles. The fourth-order valence-electron chi connectivity index (χ4n) is 1.15. The molecular weight excluding hydrogens is 220 g/mol. The summed E-state index contributed by atoms with van der Waals surface area (Å²) in [6.45, 7) is 6.41. The maximum absolute atomic E-state index is 5.76. The Bertz CT molecular complexity index is 345. The lowest BCUT2D eigenvalue weighted by molar-refractivity contribution is 0.343. The first-order valence-electron chi connectivity index (χ1n) is 5.13. The van der Waals surface area contributed by atoms with Gasteiger partial charge in [0.05, 0.1) is 14.2 Å². The minimum atomic E-state index is 0.147. The van der Waals surface area contributed by atoms with Crippen LogP contribution in [0.4, 0.5) is 0 Å². The van der Waals surface area contributed by atoms with Crippen molar-refractivity contribution < 1.29 is 13.9 Å². The van der Waals surface area contributed by atoms with Crippen LogP contribution in [0.5, 0.6) is 17.2 Å². The summed E-state index contributed by atoms with van der Waals surface area (Å²) in [7, 11) is 3.62. The average Bonchev–Trinajstić information content (AvgIpc) is 2.24. The Hall–Kier alpha value is -1.16. The molecule has 16 heavy (non-hydrogen) atoms. The van der Waals surface area contributed by atoms with Crippen molar-refractivity contribution in [2.45, 2.75) is 25.8 Å². The van der Waals surface area contributed by atoms with Crippen LogP contribution in [-0.2, 0) is 0 Å². The van der Waals surface area contributed by atoms with Gasteiger partial charge in [0.1, 0.15) is 0 Å². The summed E-state index contributed by atoms with van der Waals surface area (Å²) < 4.78 is 16.3. The summed E-state index contributed by atoms with van der Waals surface area (Å²) in [6.07, 6.45) is 0. The third-order valence-electron chi connectivity index (χ3n) is 1.83. The maximum Gasteiger partial charge on any atom is 0.316 e. The molecule has 0 atom stereocenters. The summed E-state index contributed by atoms with van der Waals surface area (Å²) in [5, 5.41) is 0.147. The Balaban J connectivity index is 2.87. The molecule has 0 saturated carbocycles. The maximum atomic E-state index is 5.76. The number of hydrogen-bond acceptors (Lipinski definition) is 3. The second kappa shape index (κ2) is 5.25. The Morgan fingerprint density at radius 2 is 1.62 bits per heavy atom. The van der Waals surface area contributed by atoms with Crippen LogP contribution < -0.4 is 13.9 Å². The first kappa shape index (κ1) is 12.9. The SMILES string of the molecule is COc1cccc(O[Si]C(C)(C)C)c1OC. The van der Waals surface area contributed by atoms with E-state index in [-0.39, 0.29) is 5.04 Å². The molecule has 0 aliphatic carbocycles. The van der Waals surface area contributed by atoms with Crippen molar-refractivity contribution in [2.75, 3.05) is 14.2 Å². The van der Waals surface area contributed by atoms with Crippen LogP contribution in [0.1, 0.15) is 20.8 Å². The van der Waals surface area contributed by atoms with E-state index in [0.717, 1.165) is 5.75 Å². The predicted octanol–water partition coefficient (Wildman–Crippen LogP) is 2.92. The van der Waals surface area contributed by atoms with Gasteiger partial charge in [-0.25, -0.2) is 0 Å². The van der Waals surface area contributed by atoms with Gasteiger partial charge in [0.2, 0.25) is 5.75 Å². The zero-order chi connectivity index (χ0) is 12.2. The molecule has 0 fully saturated rings. The lowest BCUT2D eigenvalue weighted by Gasteiger charge is -2.18. The molecule has 0 N–H and O–H groups in total. The van der Waals surface area contributed by atoms with E-state index >= 15 is 0 Å². The van der Waals surface area contributed by atoms with Crippen LogP contribution in [0.25, 0.3) is 0 Å². The zero-order valence-corrected chi connectivity index (χ0v) is 11.5. The van der Waals surface area contributed by atoms with Crippen molar-refractivity contribution in [3.05, 3.63) is 18.2 Å². The van der Waals surface area contributed by atoms with Gasteiger partial charge in [-0.1, -0.05) is 26.8 Å². The van der Waals surface area contributed by atoms with Crippen molar-refractivity contribution in [3.8, 4) is 17.2 Å². The second-order valence-electron chi connectivity index (χ2n) is 4.45. The molecule has 1 aromatic carbocycles. The summed E-state index contributed by atoms with van der Waals surface area (Å²) in [4.78, 5) is 0. The molecule has 2 radical (unpaired) electrons.